The minimum Gasteiger partial charge on any atom is -0.249 e. The highest BCUT2D eigenvalue weighted by Gasteiger charge is 2.06. The number of nitrogens with zero attached hydrogens (tertiary/aromatic N) is 1. The number of rotatable bonds is 2. The van der Waals surface area contributed by atoms with Crippen molar-refractivity contribution in [2.45, 2.75) is 6.92 Å². The Morgan fingerprint density at radius 1 is 1.36 bits per heavy atom. The summed E-state index contributed by atoms with van der Waals surface area (Å²) in [6.45, 7) is 5.85. The van der Waals surface area contributed by atoms with Gasteiger partial charge in [-0.2, -0.15) is 0 Å². The fourth-order valence-corrected chi connectivity index (χ4v) is 2.29. The second-order valence-corrected chi connectivity index (χ2v) is 3.91. The van der Waals surface area contributed by atoms with E-state index in [0.717, 1.165) is 5.69 Å². The Morgan fingerprint density at radius 3 is 2.79 bits per heavy atom. The molecule has 0 saturated heterocycles. The Balaban J connectivity index is 2.62. The van der Waals surface area contributed by atoms with Crippen molar-refractivity contribution in [1.29, 1.82) is 0 Å². The molecule has 0 aliphatic carbocycles. The van der Waals surface area contributed by atoms with Gasteiger partial charge in [0, 0.05) is 5.56 Å². The molecule has 1 aromatic heterocycles. The summed E-state index contributed by atoms with van der Waals surface area (Å²) in [4.78, 5) is 5.49. The van der Waals surface area contributed by atoms with Crippen LogP contribution in [-0.4, -0.2) is 4.98 Å². The largest absolute Gasteiger partial charge is 0.249 e. The Bertz CT molecular complexity index is 457. The molecule has 0 unspecified atom stereocenters. The molecule has 1 nitrogen and oxygen atoms in total. The maximum Gasteiger partial charge on any atom is 0.0801 e. The average molecular weight is 201 g/mol. The van der Waals surface area contributed by atoms with Crippen LogP contribution < -0.4 is 0 Å². The molecule has 14 heavy (non-hydrogen) atoms. The van der Waals surface area contributed by atoms with Crippen LogP contribution in [0.25, 0.3) is 16.5 Å². The van der Waals surface area contributed by atoms with Crippen molar-refractivity contribution in [3.63, 3.8) is 0 Å². The molecule has 0 aliphatic heterocycles. The van der Waals surface area contributed by atoms with E-state index in [-0.39, 0.29) is 0 Å². The summed E-state index contributed by atoms with van der Waals surface area (Å²) in [6, 6.07) is 8.25. The van der Waals surface area contributed by atoms with Gasteiger partial charge in [0.05, 0.1) is 16.1 Å². The summed E-state index contributed by atoms with van der Waals surface area (Å²) in [5.41, 5.74) is 5.36. The van der Waals surface area contributed by atoms with Crippen LogP contribution in [0.15, 0.2) is 36.4 Å². The molecule has 1 aromatic carbocycles. The van der Waals surface area contributed by atoms with Gasteiger partial charge >= 0.3 is 0 Å². The van der Waals surface area contributed by atoms with E-state index >= 15 is 0 Å². The van der Waals surface area contributed by atoms with Crippen molar-refractivity contribution in [3.05, 3.63) is 47.6 Å². The fraction of sp³-hybridized carbons (Fsp3) is 0.0833. The van der Waals surface area contributed by atoms with Gasteiger partial charge in [-0.3, -0.25) is 0 Å². The smallest absolute Gasteiger partial charge is 0.0801 e. The van der Waals surface area contributed by atoms with Crippen molar-refractivity contribution in [3.8, 4) is 10.4 Å². The van der Waals surface area contributed by atoms with Crippen LogP contribution in [0.2, 0.25) is 0 Å². The molecule has 2 rings (SSSR count). The number of hydrogen-bond acceptors (Lipinski definition) is 2. The SMILES string of the molecule is C=Cc1ccccc1-c1scnc1C. The Morgan fingerprint density at radius 2 is 2.14 bits per heavy atom. The van der Waals surface area contributed by atoms with E-state index in [9.17, 15) is 0 Å². The molecule has 0 fully saturated rings. The molecule has 1 heterocycles. The van der Waals surface area contributed by atoms with Crippen molar-refractivity contribution >= 4 is 17.4 Å². The molecule has 0 atom stereocenters. The van der Waals surface area contributed by atoms with E-state index in [1.807, 2.05) is 30.6 Å². The number of thiazole rings is 1. The third-order valence-corrected chi connectivity index (χ3v) is 3.13. The van der Waals surface area contributed by atoms with Crippen LogP contribution in [0.4, 0.5) is 0 Å². The zero-order chi connectivity index (χ0) is 9.97. The molecule has 0 radical (unpaired) electrons. The minimum absolute atomic E-state index is 1.09. The van der Waals surface area contributed by atoms with E-state index in [1.54, 1.807) is 11.3 Å². The number of aryl methyl sites for hydroxylation is 1. The molecule has 70 valence electrons. The highest BCUT2D eigenvalue weighted by atomic mass is 32.1. The van der Waals surface area contributed by atoms with Crippen molar-refractivity contribution in [1.82, 2.24) is 4.98 Å². The van der Waals surface area contributed by atoms with E-state index in [2.05, 4.69) is 23.7 Å². The van der Waals surface area contributed by atoms with Crippen LogP contribution in [0.3, 0.4) is 0 Å². The molecule has 0 saturated carbocycles. The predicted octanol–water partition coefficient (Wildman–Crippen LogP) is 3.76. The Hall–Kier alpha value is -1.41. The second kappa shape index (κ2) is 3.76. The Kier molecular flexibility index (Phi) is 2.46. The molecule has 2 heteroatoms. The normalized spacial score (nSPS) is 10.1. The van der Waals surface area contributed by atoms with E-state index in [4.69, 9.17) is 0 Å². The van der Waals surface area contributed by atoms with E-state index < -0.39 is 0 Å². The van der Waals surface area contributed by atoms with Gasteiger partial charge < -0.3 is 0 Å². The minimum atomic E-state index is 1.09. The van der Waals surface area contributed by atoms with Crippen LogP contribution in [0.1, 0.15) is 11.3 Å². The Labute approximate surface area is 87.8 Å². The molecular formula is C12H11NS. The fourth-order valence-electron chi connectivity index (χ4n) is 1.44. The zero-order valence-corrected chi connectivity index (χ0v) is 8.84. The van der Waals surface area contributed by atoms with Crippen molar-refractivity contribution < 1.29 is 0 Å². The lowest BCUT2D eigenvalue weighted by Gasteiger charge is -2.03. The first kappa shape index (κ1) is 9.16. The summed E-state index contributed by atoms with van der Waals surface area (Å²) in [7, 11) is 0. The number of hydrogen-bond donors (Lipinski definition) is 0. The zero-order valence-electron chi connectivity index (χ0n) is 8.03. The first-order chi connectivity index (χ1) is 6.83. The summed E-state index contributed by atoms with van der Waals surface area (Å²) in [5, 5.41) is 0. The molecule has 0 aliphatic rings. The lowest BCUT2D eigenvalue weighted by molar-refractivity contribution is 1.27. The molecule has 2 aromatic rings. The highest BCUT2D eigenvalue weighted by Crippen LogP contribution is 2.30. The summed E-state index contributed by atoms with van der Waals surface area (Å²) < 4.78 is 0. The molecular weight excluding hydrogens is 190 g/mol. The molecule has 0 N–H and O–H groups in total. The maximum atomic E-state index is 4.25. The number of aromatic nitrogens is 1. The van der Waals surface area contributed by atoms with E-state index in [0.29, 0.717) is 0 Å². The first-order valence-corrected chi connectivity index (χ1v) is 5.33. The van der Waals surface area contributed by atoms with Crippen LogP contribution in [-0.2, 0) is 0 Å². The van der Waals surface area contributed by atoms with Crippen LogP contribution in [0.5, 0.6) is 0 Å². The maximum absolute atomic E-state index is 4.25. The highest BCUT2D eigenvalue weighted by molar-refractivity contribution is 7.13. The first-order valence-electron chi connectivity index (χ1n) is 4.45. The van der Waals surface area contributed by atoms with Gasteiger partial charge in [0.25, 0.3) is 0 Å². The quantitative estimate of drug-likeness (QED) is 0.721. The lowest BCUT2D eigenvalue weighted by Crippen LogP contribution is -1.81. The summed E-state index contributed by atoms with van der Waals surface area (Å²) in [6.07, 6.45) is 1.88. The number of benzene rings is 1. The van der Waals surface area contributed by atoms with Gasteiger partial charge in [-0.1, -0.05) is 36.9 Å². The molecule has 0 amide bonds. The van der Waals surface area contributed by atoms with Crippen LogP contribution >= 0.6 is 11.3 Å². The van der Waals surface area contributed by atoms with Gasteiger partial charge in [-0.25, -0.2) is 4.98 Å². The second-order valence-electron chi connectivity index (χ2n) is 3.06. The van der Waals surface area contributed by atoms with E-state index in [1.165, 1.54) is 16.0 Å². The predicted molar refractivity (Wildman–Crippen MR) is 62.4 cm³/mol. The van der Waals surface area contributed by atoms with Gasteiger partial charge in [-0.05, 0) is 12.5 Å². The average Bonchev–Trinajstić information content (AvgIpc) is 2.64. The topological polar surface area (TPSA) is 12.9 Å². The van der Waals surface area contributed by atoms with Gasteiger partial charge in [0.1, 0.15) is 0 Å². The lowest BCUT2D eigenvalue weighted by atomic mass is 10.1. The van der Waals surface area contributed by atoms with Crippen LogP contribution in [0, 0.1) is 6.92 Å². The van der Waals surface area contributed by atoms with Gasteiger partial charge in [0.2, 0.25) is 0 Å². The van der Waals surface area contributed by atoms with Gasteiger partial charge in [-0.15, -0.1) is 11.3 Å². The standard InChI is InChI=1S/C12H11NS/c1-3-10-6-4-5-7-11(10)12-9(2)13-8-14-12/h3-8H,1H2,2H3. The molecule has 0 spiro atoms. The van der Waals surface area contributed by atoms with Crippen molar-refractivity contribution in [2.75, 3.05) is 0 Å². The third kappa shape index (κ3) is 1.49. The summed E-state index contributed by atoms with van der Waals surface area (Å²) in [5.74, 6) is 0. The monoisotopic (exact) mass is 201 g/mol. The summed E-state index contributed by atoms with van der Waals surface area (Å²) >= 11 is 1.67. The van der Waals surface area contributed by atoms with Gasteiger partial charge in [0.15, 0.2) is 0 Å². The third-order valence-electron chi connectivity index (χ3n) is 2.17. The molecule has 0 bridgehead atoms. The van der Waals surface area contributed by atoms with Crippen molar-refractivity contribution in [2.24, 2.45) is 0 Å².